The van der Waals surface area contributed by atoms with Crippen LogP contribution in [0.4, 0.5) is 0 Å². The number of fused-ring (bicyclic) bond motifs is 2. The lowest BCUT2D eigenvalue weighted by Crippen LogP contribution is -2.37. The average Bonchev–Trinajstić information content (AvgIpc) is 3.29. The third kappa shape index (κ3) is 2.12. The van der Waals surface area contributed by atoms with E-state index in [0.29, 0.717) is 5.89 Å². The maximum Gasteiger partial charge on any atom is 0.228 e. The summed E-state index contributed by atoms with van der Waals surface area (Å²) in [6.07, 6.45) is 3.78. The van der Waals surface area contributed by atoms with Gasteiger partial charge in [0.15, 0.2) is 5.58 Å². The van der Waals surface area contributed by atoms with Crippen LogP contribution in [0.15, 0.2) is 40.9 Å². The third-order valence-corrected chi connectivity index (χ3v) is 5.13. The Morgan fingerprint density at radius 1 is 1.29 bits per heavy atom. The number of oxazole rings is 1. The summed E-state index contributed by atoms with van der Waals surface area (Å²) in [5.41, 5.74) is 3.65. The van der Waals surface area contributed by atoms with Crippen molar-refractivity contribution >= 4 is 11.1 Å². The average molecular weight is 321 g/mol. The molecule has 122 valence electrons. The number of rotatable bonds is 2. The van der Waals surface area contributed by atoms with Crippen LogP contribution in [0.25, 0.3) is 22.6 Å². The van der Waals surface area contributed by atoms with Crippen LogP contribution >= 0.6 is 0 Å². The van der Waals surface area contributed by atoms with Crippen molar-refractivity contribution in [3.63, 3.8) is 0 Å². The molecule has 1 fully saturated rings. The zero-order chi connectivity index (χ0) is 16.1. The van der Waals surface area contributed by atoms with Crippen molar-refractivity contribution in [2.24, 2.45) is 0 Å². The summed E-state index contributed by atoms with van der Waals surface area (Å²) in [6, 6.07) is 9.93. The summed E-state index contributed by atoms with van der Waals surface area (Å²) < 4.78 is 12.1. The smallest absolute Gasteiger partial charge is 0.228 e. The van der Waals surface area contributed by atoms with Crippen molar-refractivity contribution in [3.05, 3.63) is 42.1 Å². The monoisotopic (exact) mass is 321 g/mol. The van der Waals surface area contributed by atoms with E-state index < -0.39 is 0 Å². The highest BCUT2D eigenvalue weighted by molar-refractivity contribution is 5.76. The number of likely N-dealkylation sites (N-methyl/N-ethyl adjacent to an activating group) is 1. The fraction of sp³-hybridized carbons (Fsp3) is 0.368. The van der Waals surface area contributed by atoms with Gasteiger partial charge in [0.25, 0.3) is 0 Å². The lowest BCUT2D eigenvalue weighted by molar-refractivity contribution is 0.0983. The van der Waals surface area contributed by atoms with Gasteiger partial charge < -0.3 is 9.15 Å². The van der Waals surface area contributed by atoms with Crippen LogP contribution < -0.4 is 4.74 Å². The Morgan fingerprint density at radius 2 is 2.21 bits per heavy atom. The van der Waals surface area contributed by atoms with E-state index in [4.69, 9.17) is 9.15 Å². The second kappa shape index (κ2) is 5.05. The maximum absolute atomic E-state index is 6.23. The van der Waals surface area contributed by atoms with Crippen LogP contribution in [0.5, 0.6) is 5.88 Å². The van der Waals surface area contributed by atoms with E-state index in [0.717, 1.165) is 60.6 Å². The van der Waals surface area contributed by atoms with Gasteiger partial charge in [-0.3, -0.25) is 4.90 Å². The van der Waals surface area contributed by atoms with Crippen LogP contribution in [0.1, 0.15) is 18.9 Å². The molecule has 1 saturated heterocycles. The number of pyridine rings is 1. The number of benzene rings is 1. The van der Waals surface area contributed by atoms with Gasteiger partial charge in [-0.1, -0.05) is 19.1 Å². The number of aromatic nitrogens is 2. The molecule has 0 bridgehead atoms. The minimum absolute atomic E-state index is 0.0920. The first-order chi connectivity index (χ1) is 11.7. The molecule has 0 radical (unpaired) electrons. The van der Waals surface area contributed by atoms with E-state index in [9.17, 15) is 0 Å². The summed E-state index contributed by atoms with van der Waals surface area (Å²) in [4.78, 5) is 11.5. The number of para-hydroxylation sites is 2. The van der Waals surface area contributed by atoms with Gasteiger partial charge in [0.05, 0.1) is 5.56 Å². The Balaban J connectivity index is 1.48. The Labute approximate surface area is 140 Å². The molecular formula is C19H19N3O2. The molecule has 3 aromatic rings. The number of nitrogens with zero attached hydrogens (tertiary/aromatic N) is 3. The summed E-state index contributed by atoms with van der Waals surface area (Å²) in [5, 5.41) is 0. The van der Waals surface area contributed by atoms with Crippen LogP contribution in [-0.4, -0.2) is 40.1 Å². The molecular weight excluding hydrogens is 302 g/mol. The molecule has 1 unspecified atom stereocenters. The first-order valence-electron chi connectivity index (χ1n) is 8.51. The highest BCUT2D eigenvalue weighted by atomic mass is 16.5. The van der Waals surface area contributed by atoms with Gasteiger partial charge in [0, 0.05) is 37.7 Å². The van der Waals surface area contributed by atoms with Crippen molar-refractivity contribution in [2.75, 3.05) is 19.6 Å². The first-order valence-corrected chi connectivity index (χ1v) is 8.51. The molecule has 5 heteroatoms. The number of hydrogen-bond donors (Lipinski definition) is 0. The standard InChI is InChI=1S/C19H19N3O2/c1-2-22-8-7-19(12-22)10-13-9-14(11-20-17(13)24-19)18-21-15-5-3-4-6-16(15)23-18/h3-6,9,11H,2,7-8,10,12H2,1H3. The molecule has 24 heavy (non-hydrogen) atoms. The van der Waals surface area contributed by atoms with E-state index in [1.807, 2.05) is 24.3 Å². The molecule has 5 nitrogen and oxygen atoms in total. The third-order valence-electron chi connectivity index (χ3n) is 5.13. The Hall–Kier alpha value is -2.40. The molecule has 1 aromatic carbocycles. The van der Waals surface area contributed by atoms with E-state index >= 15 is 0 Å². The molecule has 5 rings (SSSR count). The molecule has 0 saturated carbocycles. The lowest BCUT2D eigenvalue weighted by atomic mass is 9.96. The summed E-state index contributed by atoms with van der Waals surface area (Å²) in [6.45, 7) is 5.36. The predicted octanol–water partition coefficient (Wildman–Crippen LogP) is 3.29. The van der Waals surface area contributed by atoms with Gasteiger partial charge >= 0.3 is 0 Å². The van der Waals surface area contributed by atoms with E-state index in [2.05, 4.69) is 27.9 Å². The fourth-order valence-electron chi connectivity index (χ4n) is 3.84. The molecule has 1 atom stereocenters. The lowest BCUT2D eigenvalue weighted by Gasteiger charge is -2.22. The quantitative estimate of drug-likeness (QED) is 0.725. The largest absolute Gasteiger partial charge is 0.469 e. The van der Waals surface area contributed by atoms with Crippen molar-refractivity contribution < 1.29 is 9.15 Å². The number of ether oxygens (including phenoxy) is 1. The molecule has 1 spiro atoms. The second-order valence-electron chi connectivity index (χ2n) is 6.76. The minimum Gasteiger partial charge on any atom is -0.469 e. The fourth-order valence-corrected chi connectivity index (χ4v) is 3.84. The van der Waals surface area contributed by atoms with Crippen molar-refractivity contribution in [1.82, 2.24) is 14.9 Å². The molecule has 0 N–H and O–H groups in total. The van der Waals surface area contributed by atoms with Crippen molar-refractivity contribution in [3.8, 4) is 17.3 Å². The normalized spacial score (nSPS) is 23.0. The van der Waals surface area contributed by atoms with Gasteiger partial charge in [-0.2, -0.15) is 0 Å². The van der Waals surface area contributed by atoms with Gasteiger partial charge in [-0.25, -0.2) is 9.97 Å². The SMILES string of the molecule is CCN1CCC2(Cc3cc(-c4nc5ccccc5o4)cnc3O2)C1. The topological polar surface area (TPSA) is 51.4 Å². The molecule has 2 aromatic heterocycles. The van der Waals surface area contributed by atoms with Crippen molar-refractivity contribution in [1.29, 1.82) is 0 Å². The molecule has 4 heterocycles. The van der Waals surface area contributed by atoms with Crippen LogP contribution in [0.3, 0.4) is 0 Å². The number of likely N-dealkylation sites (tertiary alicyclic amines) is 1. The Kier molecular flexibility index (Phi) is 2.94. The molecule has 2 aliphatic heterocycles. The minimum atomic E-state index is -0.0920. The molecule has 0 aliphatic carbocycles. The second-order valence-corrected chi connectivity index (χ2v) is 6.76. The number of hydrogen-bond acceptors (Lipinski definition) is 5. The zero-order valence-corrected chi connectivity index (χ0v) is 13.7. The van der Waals surface area contributed by atoms with Gasteiger partial charge in [0.2, 0.25) is 11.8 Å². The van der Waals surface area contributed by atoms with Crippen LogP contribution in [-0.2, 0) is 6.42 Å². The van der Waals surface area contributed by atoms with E-state index in [-0.39, 0.29) is 5.60 Å². The van der Waals surface area contributed by atoms with E-state index in [1.54, 1.807) is 6.20 Å². The maximum atomic E-state index is 6.23. The van der Waals surface area contributed by atoms with Crippen LogP contribution in [0, 0.1) is 0 Å². The predicted molar refractivity (Wildman–Crippen MR) is 91.0 cm³/mol. The Morgan fingerprint density at radius 3 is 3.04 bits per heavy atom. The van der Waals surface area contributed by atoms with Gasteiger partial charge in [-0.15, -0.1) is 0 Å². The summed E-state index contributed by atoms with van der Waals surface area (Å²) in [5.74, 6) is 1.39. The van der Waals surface area contributed by atoms with E-state index in [1.165, 1.54) is 0 Å². The van der Waals surface area contributed by atoms with Crippen molar-refractivity contribution in [2.45, 2.75) is 25.4 Å². The van der Waals surface area contributed by atoms with Gasteiger partial charge in [0.1, 0.15) is 11.1 Å². The molecule has 2 aliphatic rings. The molecule has 0 amide bonds. The summed E-state index contributed by atoms with van der Waals surface area (Å²) >= 11 is 0. The van der Waals surface area contributed by atoms with Crippen LogP contribution in [0.2, 0.25) is 0 Å². The highest BCUT2D eigenvalue weighted by Crippen LogP contribution is 2.40. The first kappa shape index (κ1) is 14.0. The van der Waals surface area contributed by atoms with Gasteiger partial charge in [-0.05, 0) is 24.7 Å². The zero-order valence-electron chi connectivity index (χ0n) is 13.7. The highest BCUT2D eigenvalue weighted by Gasteiger charge is 2.45. The Bertz CT molecular complexity index is 887. The summed E-state index contributed by atoms with van der Waals surface area (Å²) in [7, 11) is 0.